The molecule has 18 heavy (non-hydrogen) atoms. The summed E-state index contributed by atoms with van der Waals surface area (Å²) in [7, 11) is 0. The Morgan fingerprint density at radius 1 is 1.50 bits per heavy atom. The Balaban J connectivity index is 1.94. The van der Waals surface area contributed by atoms with Gasteiger partial charge in [0.2, 0.25) is 11.0 Å². The summed E-state index contributed by atoms with van der Waals surface area (Å²) in [5.74, 6) is -0.224. The maximum Gasteiger partial charge on any atom is 0.250 e. The van der Waals surface area contributed by atoms with Gasteiger partial charge in [-0.1, -0.05) is 24.3 Å². The molecule has 2 aromatic rings. The van der Waals surface area contributed by atoms with Crippen LogP contribution in [0, 0.1) is 0 Å². The lowest BCUT2D eigenvalue weighted by Gasteiger charge is -1.94. The first-order valence-corrected chi connectivity index (χ1v) is 6.31. The van der Waals surface area contributed by atoms with Crippen LogP contribution in [0.1, 0.15) is 17.5 Å². The number of pyridine rings is 1. The van der Waals surface area contributed by atoms with Crippen molar-refractivity contribution in [2.75, 3.05) is 5.32 Å². The first-order valence-electron chi connectivity index (χ1n) is 5.49. The van der Waals surface area contributed by atoms with Crippen LogP contribution >= 0.6 is 11.3 Å². The van der Waals surface area contributed by atoms with E-state index in [4.69, 9.17) is 0 Å². The number of nitrogens with zero attached hydrogens (tertiary/aromatic N) is 3. The van der Waals surface area contributed by atoms with Crippen LogP contribution in [0.2, 0.25) is 0 Å². The normalized spacial score (nSPS) is 10.7. The van der Waals surface area contributed by atoms with Crippen molar-refractivity contribution in [3.63, 3.8) is 0 Å². The number of rotatable bonds is 4. The minimum absolute atomic E-state index is 0.224. The fourth-order valence-electron chi connectivity index (χ4n) is 1.24. The second kappa shape index (κ2) is 6.02. The number of aromatic nitrogens is 3. The van der Waals surface area contributed by atoms with Crippen LogP contribution < -0.4 is 5.32 Å². The molecule has 0 saturated carbocycles. The zero-order valence-electron chi connectivity index (χ0n) is 9.83. The van der Waals surface area contributed by atoms with Gasteiger partial charge in [0.1, 0.15) is 5.01 Å². The van der Waals surface area contributed by atoms with E-state index in [9.17, 15) is 4.79 Å². The number of hydrogen-bond donors (Lipinski definition) is 1. The predicted octanol–water partition coefficient (Wildman–Crippen LogP) is 2.15. The van der Waals surface area contributed by atoms with Gasteiger partial charge in [-0.15, -0.1) is 10.2 Å². The molecule has 1 N–H and O–H groups in total. The third kappa shape index (κ3) is 3.46. The molecule has 0 fully saturated rings. The third-order valence-corrected chi connectivity index (χ3v) is 3.09. The van der Waals surface area contributed by atoms with Gasteiger partial charge in [0.05, 0.1) is 0 Å². The van der Waals surface area contributed by atoms with E-state index < -0.39 is 0 Å². The lowest BCUT2D eigenvalue weighted by molar-refractivity contribution is -0.111. The monoisotopic (exact) mass is 260 g/mol. The number of hydrogen-bond acceptors (Lipinski definition) is 5. The fourth-order valence-corrected chi connectivity index (χ4v) is 1.92. The summed E-state index contributed by atoms with van der Waals surface area (Å²) in [6.45, 7) is 1.99. The standard InChI is InChI=1S/C12H12N4OS/c1-2-11-15-16-12(18-11)14-10(17)6-5-9-4-3-7-13-8-9/h3-8H,2H2,1H3,(H,14,16,17). The van der Waals surface area contributed by atoms with Crippen molar-refractivity contribution < 1.29 is 4.79 Å². The fraction of sp³-hybridized carbons (Fsp3) is 0.167. The van der Waals surface area contributed by atoms with Crippen molar-refractivity contribution in [3.8, 4) is 0 Å². The minimum atomic E-state index is -0.224. The average Bonchev–Trinajstić information content (AvgIpc) is 2.85. The molecule has 6 heteroatoms. The van der Waals surface area contributed by atoms with E-state index in [1.54, 1.807) is 18.5 Å². The van der Waals surface area contributed by atoms with Crippen LogP contribution in [0.15, 0.2) is 30.6 Å². The molecule has 0 unspecified atom stereocenters. The van der Waals surface area contributed by atoms with Crippen molar-refractivity contribution in [1.29, 1.82) is 0 Å². The van der Waals surface area contributed by atoms with E-state index in [-0.39, 0.29) is 5.91 Å². The maximum absolute atomic E-state index is 11.6. The molecule has 92 valence electrons. The highest BCUT2D eigenvalue weighted by Gasteiger charge is 2.04. The highest BCUT2D eigenvalue weighted by atomic mass is 32.1. The van der Waals surface area contributed by atoms with E-state index >= 15 is 0 Å². The highest BCUT2D eigenvalue weighted by Crippen LogP contribution is 2.15. The van der Waals surface area contributed by atoms with Crippen molar-refractivity contribution in [2.45, 2.75) is 13.3 Å². The lowest BCUT2D eigenvalue weighted by Crippen LogP contribution is -2.07. The number of amides is 1. The van der Waals surface area contributed by atoms with Crippen molar-refractivity contribution >= 4 is 28.5 Å². The minimum Gasteiger partial charge on any atom is -0.297 e. The molecular weight excluding hydrogens is 248 g/mol. The van der Waals surface area contributed by atoms with Gasteiger partial charge in [-0.25, -0.2) is 0 Å². The molecule has 0 atom stereocenters. The Kier molecular flexibility index (Phi) is 4.14. The van der Waals surface area contributed by atoms with Gasteiger partial charge < -0.3 is 0 Å². The van der Waals surface area contributed by atoms with Gasteiger partial charge in [-0.05, 0) is 24.1 Å². The molecule has 2 heterocycles. The predicted molar refractivity (Wildman–Crippen MR) is 71.2 cm³/mol. The molecule has 1 amide bonds. The molecule has 5 nitrogen and oxygen atoms in total. The van der Waals surface area contributed by atoms with Crippen LogP contribution in [0.4, 0.5) is 5.13 Å². The molecule has 0 spiro atoms. The molecule has 0 aromatic carbocycles. The van der Waals surface area contributed by atoms with Crippen molar-refractivity contribution in [1.82, 2.24) is 15.2 Å². The first-order chi connectivity index (χ1) is 8.78. The zero-order chi connectivity index (χ0) is 12.8. The summed E-state index contributed by atoms with van der Waals surface area (Å²) in [5.41, 5.74) is 0.874. The quantitative estimate of drug-likeness (QED) is 0.855. The number of nitrogens with one attached hydrogen (secondary N) is 1. The zero-order valence-corrected chi connectivity index (χ0v) is 10.6. The summed E-state index contributed by atoms with van der Waals surface area (Å²) in [5, 5.41) is 11.9. The average molecular weight is 260 g/mol. The Morgan fingerprint density at radius 2 is 2.39 bits per heavy atom. The summed E-state index contributed by atoms with van der Waals surface area (Å²) in [4.78, 5) is 15.6. The Morgan fingerprint density at radius 3 is 3.06 bits per heavy atom. The molecule has 0 saturated heterocycles. The van der Waals surface area contributed by atoms with Gasteiger partial charge in [0.15, 0.2) is 0 Å². The molecule has 0 bridgehead atoms. The number of anilines is 1. The van der Waals surface area contributed by atoms with Gasteiger partial charge >= 0.3 is 0 Å². The molecule has 0 radical (unpaired) electrons. The molecule has 2 aromatic heterocycles. The molecule has 0 aliphatic heterocycles. The van der Waals surface area contributed by atoms with E-state index in [0.717, 1.165) is 17.0 Å². The van der Waals surface area contributed by atoms with Crippen LogP contribution in [0.3, 0.4) is 0 Å². The van der Waals surface area contributed by atoms with Gasteiger partial charge in [0.25, 0.3) is 0 Å². The topological polar surface area (TPSA) is 67.8 Å². The van der Waals surface area contributed by atoms with Crippen molar-refractivity contribution in [3.05, 3.63) is 41.2 Å². The Labute approximate surface area is 109 Å². The molecule has 2 rings (SSSR count). The van der Waals surface area contributed by atoms with Gasteiger partial charge in [-0.2, -0.15) is 0 Å². The second-order valence-corrected chi connectivity index (χ2v) is 4.53. The Hall–Kier alpha value is -2.08. The van der Waals surface area contributed by atoms with E-state index in [1.165, 1.54) is 17.4 Å². The number of carbonyl (C=O) groups is 1. The van der Waals surface area contributed by atoms with E-state index in [1.807, 2.05) is 19.1 Å². The van der Waals surface area contributed by atoms with Gasteiger partial charge in [-0.3, -0.25) is 15.1 Å². The summed E-state index contributed by atoms with van der Waals surface area (Å²) in [6, 6.07) is 3.69. The van der Waals surface area contributed by atoms with Crippen LogP contribution in [-0.2, 0) is 11.2 Å². The largest absolute Gasteiger partial charge is 0.297 e. The maximum atomic E-state index is 11.6. The molecule has 0 aliphatic rings. The second-order valence-electron chi connectivity index (χ2n) is 3.46. The third-order valence-electron chi connectivity index (χ3n) is 2.11. The van der Waals surface area contributed by atoms with E-state index in [2.05, 4.69) is 20.5 Å². The van der Waals surface area contributed by atoms with Crippen LogP contribution in [0.5, 0.6) is 0 Å². The number of carbonyl (C=O) groups excluding carboxylic acids is 1. The smallest absolute Gasteiger partial charge is 0.250 e. The van der Waals surface area contributed by atoms with E-state index in [0.29, 0.717) is 5.13 Å². The Bertz CT molecular complexity index is 550. The van der Waals surface area contributed by atoms with Crippen LogP contribution in [-0.4, -0.2) is 21.1 Å². The van der Waals surface area contributed by atoms with Crippen LogP contribution in [0.25, 0.3) is 6.08 Å². The van der Waals surface area contributed by atoms with Gasteiger partial charge in [0, 0.05) is 18.5 Å². The summed E-state index contributed by atoms with van der Waals surface area (Å²) in [6.07, 6.45) is 7.34. The highest BCUT2D eigenvalue weighted by molar-refractivity contribution is 7.15. The lowest BCUT2D eigenvalue weighted by atomic mass is 10.2. The molecule has 0 aliphatic carbocycles. The summed E-state index contributed by atoms with van der Waals surface area (Å²) < 4.78 is 0. The number of aryl methyl sites for hydroxylation is 1. The molecular formula is C12H12N4OS. The first kappa shape index (κ1) is 12.4. The SMILES string of the molecule is CCc1nnc(NC(=O)C=Cc2cccnc2)s1. The summed E-state index contributed by atoms with van der Waals surface area (Å²) >= 11 is 1.38. The van der Waals surface area contributed by atoms with Crippen molar-refractivity contribution in [2.24, 2.45) is 0 Å².